The Morgan fingerprint density at radius 3 is 2.56 bits per heavy atom. The fraction of sp³-hybridized carbons (Fsp3) is 0.524. The SMILES string of the molecule is COC(=O)C(C)CN(CCCOC(C)C)C(=O)/C=C/c1cccc(OC)c1. The smallest absolute Gasteiger partial charge is 0.310 e. The van der Waals surface area contributed by atoms with Crippen LogP contribution in [0.3, 0.4) is 0 Å². The van der Waals surface area contributed by atoms with E-state index < -0.39 is 5.92 Å². The number of carbonyl (C=O) groups is 2. The van der Waals surface area contributed by atoms with Gasteiger partial charge >= 0.3 is 5.97 Å². The van der Waals surface area contributed by atoms with Gasteiger partial charge in [-0.2, -0.15) is 0 Å². The van der Waals surface area contributed by atoms with Gasteiger partial charge in [0.25, 0.3) is 0 Å². The molecule has 0 aromatic heterocycles. The van der Waals surface area contributed by atoms with Crippen LogP contribution in [0.4, 0.5) is 0 Å². The van der Waals surface area contributed by atoms with Crippen molar-refractivity contribution in [2.75, 3.05) is 33.9 Å². The maximum atomic E-state index is 12.7. The minimum atomic E-state index is -0.393. The lowest BCUT2D eigenvalue weighted by Crippen LogP contribution is -2.37. The van der Waals surface area contributed by atoms with E-state index in [0.29, 0.717) is 26.1 Å². The predicted molar refractivity (Wildman–Crippen MR) is 105 cm³/mol. The highest BCUT2D eigenvalue weighted by Gasteiger charge is 2.20. The fourth-order valence-corrected chi connectivity index (χ4v) is 2.49. The number of amides is 1. The first-order valence-corrected chi connectivity index (χ1v) is 9.17. The summed E-state index contributed by atoms with van der Waals surface area (Å²) in [6, 6.07) is 7.45. The maximum Gasteiger partial charge on any atom is 0.310 e. The van der Waals surface area contributed by atoms with Crippen molar-refractivity contribution in [3.05, 3.63) is 35.9 Å². The molecule has 0 aliphatic rings. The van der Waals surface area contributed by atoms with Crippen molar-refractivity contribution in [3.63, 3.8) is 0 Å². The van der Waals surface area contributed by atoms with Crippen LogP contribution in [0.2, 0.25) is 0 Å². The highest BCUT2D eigenvalue weighted by Crippen LogP contribution is 2.14. The van der Waals surface area contributed by atoms with Gasteiger partial charge in [0.05, 0.1) is 26.2 Å². The van der Waals surface area contributed by atoms with E-state index in [0.717, 1.165) is 11.3 Å². The summed E-state index contributed by atoms with van der Waals surface area (Å²) in [4.78, 5) is 26.0. The Hall–Kier alpha value is -2.34. The molecule has 0 N–H and O–H groups in total. The lowest BCUT2D eigenvalue weighted by molar-refractivity contribution is -0.146. The molecule has 0 radical (unpaired) electrons. The molecule has 0 spiro atoms. The molecule has 0 fully saturated rings. The van der Waals surface area contributed by atoms with Crippen LogP contribution in [0.5, 0.6) is 5.75 Å². The zero-order chi connectivity index (χ0) is 20.2. The number of benzene rings is 1. The Bertz CT molecular complexity index is 627. The third kappa shape index (κ3) is 8.73. The molecule has 0 bridgehead atoms. The van der Waals surface area contributed by atoms with Gasteiger partial charge in [0.15, 0.2) is 0 Å². The van der Waals surface area contributed by atoms with E-state index in [9.17, 15) is 9.59 Å². The van der Waals surface area contributed by atoms with E-state index >= 15 is 0 Å². The highest BCUT2D eigenvalue weighted by molar-refractivity contribution is 5.92. The van der Waals surface area contributed by atoms with Crippen LogP contribution in [0.1, 0.15) is 32.8 Å². The Kier molecular flexibility index (Phi) is 10.2. The third-order valence-electron chi connectivity index (χ3n) is 3.95. The number of nitrogens with zero attached hydrogens (tertiary/aromatic N) is 1. The summed E-state index contributed by atoms with van der Waals surface area (Å²) in [6.07, 6.45) is 4.11. The first kappa shape index (κ1) is 22.7. The van der Waals surface area contributed by atoms with Crippen LogP contribution < -0.4 is 4.74 Å². The molecule has 0 aliphatic carbocycles. The summed E-state index contributed by atoms with van der Waals surface area (Å²) in [5, 5.41) is 0. The minimum absolute atomic E-state index is 0.149. The Labute approximate surface area is 162 Å². The Morgan fingerprint density at radius 2 is 1.93 bits per heavy atom. The summed E-state index contributed by atoms with van der Waals surface area (Å²) in [7, 11) is 2.95. The van der Waals surface area contributed by atoms with Crippen molar-refractivity contribution in [3.8, 4) is 5.75 Å². The van der Waals surface area contributed by atoms with Crippen LogP contribution in [-0.4, -0.2) is 56.8 Å². The van der Waals surface area contributed by atoms with Gasteiger partial charge in [0.1, 0.15) is 5.75 Å². The van der Waals surface area contributed by atoms with Gasteiger partial charge in [-0.25, -0.2) is 0 Å². The molecular weight excluding hydrogens is 346 g/mol. The largest absolute Gasteiger partial charge is 0.497 e. The number of esters is 1. The van der Waals surface area contributed by atoms with E-state index in [1.807, 2.05) is 38.1 Å². The number of hydrogen-bond donors (Lipinski definition) is 0. The first-order valence-electron chi connectivity index (χ1n) is 9.17. The molecule has 0 heterocycles. The Balaban J connectivity index is 2.77. The second-order valence-corrected chi connectivity index (χ2v) is 6.59. The molecule has 150 valence electrons. The molecule has 27 heavy (non-hydrogen) atoms. The normalized spacial score (nSPS) is 12.2. The quantitative estimate of drug-likeness (QED) is 0.337. The summed E-state index contributed by atoms with van der Waals surface area (Å²) in [5.41, 5.74) is 0.867. The number of rotatable bonds is 11. The molecule has 6 heteroatoms. The van der Waals surface area contributed by atoms with Gasteiger partial charge in [-0.1, -0.05) is 19.1 Å². The van der Waals surface area contributed by atoms with Gasteiger partial charge in [-0.15, -0.1) is 0 Å². The lowest BCUT2D eigenvalue weighted by Gasteiger charge is -2.24. The number of methoxy groups -OCH3 is 2. The summed E-state index contributed by atoms with van der Waals surface area (Å²) in [6.45, 7) is 7.07. The van der Waals surface area contributed by atoms with Gasteiger partial charge < -0.3 is 19.1 Å². The van der Waals surface area contributed by atoms with Gasteiger partial charge in [0, 0.05) is 25.8 Å². The van der Waals surface area contributed by atoms with E-state index in [4.69, 9.17) is 14.2 Å². The van der Waals surface area contributed by atoms with Crippen molar-refractivity contribution >= 4 is 18.0 Å². The van der Waals surface area contributed by atoms with E-state index in [-0.39, 0.29) is 18.0 Å². The van der Waals surface area contributed by atoms with Crippen molar-refractivity contribution in [1.29, 1.82) is 0 Å². The number of ether oxygens (including phenoxy) is 3. The van der Waals surface area contributed by atoms with Gasteiger partial charge in [0.2, 0.25) is 5.91 Å². The molecule has 1 unspecified atom stereocenters. The molecule has 0 aliphatic heterocycles. The molecule has 0 saturated carbocycles. The zero-order valence-electron chi connectivity index (χ0n) is 16.9. The van der Waals surface area contributed by atoms with Crippen LogP contribution in [-0.2, 0) is 19.1 Å². The second kappa shape index (κ2) is 12.1. The third-order valence-corrected chi connectivity index (χ3v) is 3.95. The van der Waals surface area contributed by atoms with Crippen LogP contribution in [0.25, 0.3) is 6.08 Å². The monoisotopic (exact) mass is 377 g/mol. The maximum absolute atomic E-state index is 12.7. The Morgan fingerprint density at radius 1 is 1.19 bits per heavy atom. The second-order valence-electron chi connectivity index (χ2n) is 6.59. The standard InChI is InChI=1S/C21H31NO5/c1-16(2)27-13-7-12-22(15-17(3)21(24)26-5)20(23)11-10-18-8-6-9-19(14-18)25-4/h6,8-11,14,16-17H,7,12-13,15H2,1-5H3/b11-10+. The van der Waals surface area contributed by atoms with Crippen LogP contribution in [0, 0.1) is 5.92 Å². The molecule has 1 amide bonds. The molecule has 1 aromatic rings. The molecule has 1 rings (SSSR count). The van der Waals surface area contributed by atoms with Crippen molar-refractivity contribution in [2.24, 2.45) is 5.92 Å². The summed E-state index contributed by atoms with van der Waals surface area (Å²) < 4.78 is 15.5. The molecule has 0 saturated heterocycles. The van der Waals surface area contributed by atoms with E-state index in [2.05, 4.69) is 0 Å². The van der Waals surface area contributed by atoms with Crippen LogP contribution in [0.15, 0.2) is 30.3 Å². The first-order chi connectivity index (χ1) is 12.9. The van der Waals surface area contributed by atoms with E-state index in [1.54, 1.807) is 25.0 Å². The number of hydrogen-bond acceptors (Lipinski definition) is 5. The lowest BCUT2D eigenvalue weighted by atomic mass is 10.1. The average Bonchev–Trinajstić information content (AvgIpc) is 2.67. The fourth-order valence-electron chi connectivity index (χ4n) is 2.49. The summed E-state index contributed by atoms with van der Waals surface area (Å²) in [5.74, 6) is -0.150. The zero-order valence-corrected chi connectivity index (χ0v) is 16.9. The van der Waals surface area contributed by atoms with Crippen LogP contribution >= 0.6 is 0 Å². The van der Waals surface area contributed by atoms with Gasteiger partial charge in [-0.3, -0.25) is 9.59 Å². The van der Waals surface area contributed by atoms with E-state index in [1.165, 1.54) is 13.2 Å². The summed E-state index contributed by atoms with van der Waals surface area (Å²) >= 11 is 0. The average molecular weight is 377 g/mol. The number of carbonyl (C=O) groups excluding carboxylic acids is 2. The van der Waals surface area contributed by atoms with Gasteiger partial charge in [-0.05, 0) is 44.0 Å². The molecule has 1 atom stereocenters. The van der Waals surface area contributed by atoms with Crippen molar-refractivity contribution in [1.82, 2.24) is 4.90 Å². The minimum Gasteiger partial charge on any atom is -0.497 e. The molecule has 6 nitrogen and oxygen atoms in total. The molecule has 1 aromatic carbocycles. The topological polar surface area (TPSA) is 65.1 Å². The van der Waals surface area contributed by atoms with Crippen molar-refractivity contribution in [2.45, 2.75) is 33.3 Å². The predicted octanol–water partition coefficient (Wildman–Crippen LogP) is 3.16. The van der Waals surface area contributed by atoms with Crippen molar-refractivity contribution < 1.29 is 23.8 Å². The molecular formula is C21H31NO5. The highest BCUT2D eigenvalue weighted by atomic mass is 16.5.